The zero-order valence-electron chi connectivity index (χ0n) is 11.5. The third-order valence-corrected chi connectivity index (χ3v) is 3.96. The van der Waals surface area contributed by atoms with E-state index in [1.54, 1.807) is 11.1 Å². The Kier molecular flexibility index (Phi) is 3.50. The van der Waals surface area contributed by atoms with Crippen molar-refractivity contribution in [3.8, 4) is 0 Å². The fourth-order valence-electron chi connectivity index (χ4n) is 3.05. The number of fused-ring (bicyclic) bond motifs is 2. The maximum atomic E-state index is 2.35. The van der Waals surface area contributed by atoms with Gasteiger partial charge in [0.1, 0.15) is 0 Å². The van der Waals surface area contributed by atoms with Gasteiger partial charge in [0, 0.05) is 0 Å². The van der Waals surface area contributed by atoms with Gasteiger partial charge in [-0.15, -0.1) is 0 Å². The van der Waals surface area contributed by atoms with E-state index in [2.05, 4.69) is 61.6 Å². The summed E-state index contributed by atoms with van der Waals surface area (Å²) in [7, 11) is 0. The number of hydrogen-bond acceptors (Lipinski definition) is 0. The quantitative estimate of drug-likeness (QED) is 0.646. The molecule has 0 nitrogen and oxygen atoms in total. The average molecular weight is 248 g/mol. The van der Waals surface area contributed by atoms with Crippen molar-refractivity contribution in [2.75, 3.05) is 0 Å². The lowest BCUT2D eigenvalue weighted by molar-refractivity contribution is 0.924. The fourth-order valence-corrected chi connectivity index (χ4v) is 3.05. The van der Waals surface area contributed by atoms with Gasteiger partial charge in [0.05, 0.1) is 0 Å². The zero-order chi connectivity index (χ0) is 13.1. The Balaban J connectivity index is 2.16. The van der Waals surface area contributed by atoms with Gasteiger partial charge < -0.3 is 0 Å². The van der Waals surface area contributed by atoms with Gasteiger partial charge in [0.25, 0.3) is 0 Å². The van der Waals surface area contributed by atoms with E-state index >= 15 is 0 Å². The molecule has 0 unspecified atom stereocenters. The summed E-state index contributed by atoms with van der Waals surface area (Å²) < 4.78 is 0. The highest BCUT2D eigenvalue weighted by atomic mass is 14.2. The number of benzene rings is 2. The zero-order valence-corrected chi connectivity index (χ0v) is 11.5. The number of hydrogen-bond donors (Lipinski definition) is 0. The van der Waals surface area contributed by atoms with E-state index in [0.29, 0.717) is 0 Å². The summed E-state index contributed by atoms with van der Waals surface area (Å²) in [6.45, 7) is 2.10. The highest BCUT2D eigenvalue weighted by Gasteiger charge is 2.13. The maximum Gasteiger partial charge on any atom is -0.0149 e. The van der Waals surface area contributed by atoms with E-state index in [0.717, 1.165) is 12.8 Å². The molecule has 0 saturated heterocycles. The van der Waals surface area contributed by atoms with Crippen LogP contribution < -0.4 is 0 Å². The van der Waals surface area contributed by atoms with Gasteiger partial charge in [0.2, 0.25) is 0 Å². The fraction of sp³-hybridized carbons (Fsp3) is 0.263. The Labute approximate surface area is 115 Å². The van der Waals surface area contributed by atoms with Crippen molar-refractivity contribution in [1.29, 1.82) is 0 Å². The predicted molar refractivity (Wildman–Crippen MR) is 84.4 cm³/mol. The maximum absolute atomic E-state index is 2.35. The van der Waals surface area contributed by atoms with E-state index in [-0.39, 0.29) is 0 Å². The Hall–Kier alpha value is -1.82. The first-order chi connectivity index (χ1) is 9.40. The van der Waals surface area contributed by atoms with Crippen LogP contribution in [0.15, 0.2) is 48.6 Å². The Morgan fingerprint density at radius 3 is 3.00 bits per heavy atom. The van der Waals surface area contributed by atoms with Crippen LogP contribution in [0.3, 0.4) is 0 Å². The summed E-state index contributed by atoms with van der Waals surface area (Å²) in [5.74, 6) is 0. The van der Waals surface area contributed by atoms with Crippen LogP contribution in [0.25, 0.3) is 16.8 Å². The predicted octanol–water partition coefficient (Wildman–Crippen LogP) is 5.31. The molecule has 0 N–H and O–H groups in total. The normalized spacial score (nSPS) is 14.2. The molecule has 0 fully saturated rings. The Morgan fingerprint density at radius 2 is 2.11 bits per heavy atom. The second kappa shape index (κ2) is 5.44. The highest BCUT2D eigenvalue weighted by molar-refractivity contribution is 5.90. The molecule has 19 heavy (non-hydrogen) atoms. The highest BCUT2D eigenvalue weighted by Crippen LogP contribution is 2.31. The monoisotopic (exact) mass is 248 g/mol. The molecule has 0 heterocycles. The summed E-state index contributed by atoms with van der Waals surface area (Å²) in [6, 6.07) is 11.2. The van der Waals surface area contributed by atoms with Gasteiger partial charge in [-0.25, -0.2) is 0 Å². The van der Waals surface area contributed by atoms with E-state index in [1.807, 2.05) is 0 Å². The summed E-state index contributed by atoms with van der Waals surface area (Å²) in [5, 5.41) is 2.82. The summed E-state index contributed by atoms with van der Waals surface area (Å²) >= 11 is 0. The van der Waals surface area contributed by atoms with Crippen LogP contribution in [-0.4, -0.2) is 0 Å². The molecule has 1 aliphatic rings. The molecule has 0 saturated carbocycles. The first-order valence-corrected chi connectivity index (χ1v) is 7.21. The number of aryl methyl sites for hydroxylation is 1. The number of allylic oxidation sites excluding steroid dienone is 3. The molecule has 2 aromatic rings. The molecular formula is C19H20. The average Bonchev–Trinajstić information content (AvgIpc) is 2.46. The molecule has 0 spiro atoms. The van der Waals surface area contributed by atoms with Gasteiger partial charge in [-0.2, -0.15) is 0 Å². The van der Waals surface area contributed by atoms with Gasteiger partial charge in [-0.3, -0.25) is 0 Å². The molecule has 0 amide bonds. The summed E-state index contributed by atoms with van der Waals surface area (Å²) in [4.78, 5) is 0. The molecule has 0 aliphatic heterocycles. The molecule has 0 atom stereocenters. The van der Waals surface area contributed by atoms with Crippen molar-refractivity contribution in [2.24, 2.45) is 0 Å². The van der Waals surface area contributed by atoms with Crippen LogP contribution in [0.5, 0.6) is 0 Å². The van der Waals surface area contributed by atoms with Crippen molar-refractivity contribution < 1.29 is 0 Å². The second-order valence-corrected chi connectivity index (χ2v) is 5.19. The van der Waals surface area contributed by atoms with Gasteiger partial charge in [0.15, 0.2) is 0 Å². The van der Waals surface area contributed by atoms with Crippen LogP contribution >= 0.6 is 0 Å². The smallest absolute Gasteiger partial charge is 0.0149 e. The largest absolute Gasteiger partial charge is 0.0917 e. The SMILES string of the molecule is CC=CCCc1c2c(cc3ccccc13)C=CCC2. The van der Waals surface area contributed by atoms with E-state index < -0.39 is 0 Å². The summed E-state index contributed by atoms with van der Waals surface area (Å²) in [5.41, 5.74) is 4.57. The van der Waals surface area contributed by atoms with Crippen molar-refractivity contribution in [3.05, 3.63) is 65.3 Å². The van der Waals surface area contributed by atoms with Gasteiger partial charge >= 0.3 is 0 Å². The van der Waals surface area contributed by atoms with E-state index in [4.69, 9.17) is 0 Å². The lowest BCUT2D eigenvalue weighted by Gasteiger charge is -2.18. The molecule has 3 rings (SSSR count). The molecule has 1 aliphatic carbocycles. The van der Waals surface area contributed by atoms with Crippen LogP contribution in [0.2, 0.25) is 0 Å². The third-order valence-electron chi connectivity index (χ3n) is 3.96. The van der Waals surface area contributed by atoms with Gasteiger partial charge in [-0.05, 0) is 66.1 Å². The Bertz CT molecular complexity index is 644. The molecule has 0 bridgehead atoms. The van der Waals surface area contributed by atoms with Crippen molar-refractivity contribution in [2.45, 2.75) is 32.6 Å². The minimum atomic E-state index is 1.14. The number of rotatable bonds is 3. The first-order valence-electron chi connectivity index (χ1n) is 7.21. The molecule has 0 radical (unpaired) electrons. The molecule has 96 valence electrons. The summed E-state index contributed by atoms with van der Waals surface area (Å²) in [6.07, 6.45) is 13.7. The van der Waals surface area contributed by atoms with Crippen LogP contribution in [0.1, 0.15) is 36.5 Å². The Morgan fingerprint density at radius 1 is 1.21 bits per heavy atom. The first kappa shape index (κ1) is 12.2. The van der Waals surface area contributed by atoms with Crippen LogP contribution in [0, 0.1) is 0 Å². The standard InChI is InChI=1S/C19H20/c1-2-3-4-13-19-17-11-7-5-9-15(17)14-16-10-6-8-12-18(16)19/h2-3,5-7,9-11,14H,4,8,12-13H2,1H3. The minimum Gasteiger partial charge on any atom is -0.0917 e. The molecular weight excluding hydrogens is 228 g/mol. The van der Waals surface area contributed by atoms with Crippen molar-refractivity contribution in [1.82, 2.24) is 0 Å². The second-order valence-electron chi connectivity index (χ2n) is 5.19. The van der Waals surface area contributed by atoms with Crippen LogP contribution in [-0.2, 0) is 12.8 Å². The third kappa shape index (κ3) is 2.35. The van der Waals surface area contributed by atoms with Crippen molar-refractivity contribution >= 4 is 16.8 Å². The van der Waals surface area contributed by atoms with E-state index in [9.17, 15) is 0 Å². The van der Waals surface area contributed by atoms with Crippen LogP contribution in [0.4, 0.5) is 0 Å². The molecule has 0 aromatic heterocycles. The topological polar surface area (TPSA) is 0 Å². The lowest BCUT2D eigenvalue weighted by atomic mass is 9.86. The molecule has 0 heteroatoms. The van der Waals surface area contributed by atoms with Crippen molar-refractivity contribution in [3.63, 3.8) is 0 Å². The van der Waals surface area contributed by atoms with Gasteiger partial charge in [-0.1, -0.05) is 48.6 Å². The minimum absolute atomic E-state index is 1.14. The molecule has 2 aromatic carbocycles. The van der Waals surface area contributed by atoms with E-state index in [1.165, 1.54) is 29.2 Å². The lowest BCUT2D eigenvalue weighted by Crippen LogP contribution is -2.02.